The van der Waals surface area contributed by atoms with Crippen LogP contribution in [0, 0.1) is 0 Å². The summed E-state index contributed by atoms with van der Waals surface area (Å²) in [5, 5.41) is 7.26. The van der Waals surface area contributed by atoms with Gasteiger partial charge in [-0.1, -0.05) is 200 Å². The molecule has 0 saturated carbocycles. The topological polar surface area (TPSA) is 26.2 Å². The van der Waals surface area contributed by atoms with Crippen molar-refractivity contribution in [3.63, 3.8) is 0 Å². The first-order valence-corrected chi connectivity index (χ1v) is 28.0. The Bertz CT molecular complexity index is 5030. The highest BCUT2D eigenvalue weighted by molar-refractivity contribution is 6.12. The van der Waals surface area contributed by atoms with E-state index in [9.17, 15) is 0 Å². The molecule has 4 heteroatoms. The summed E-state index contributed by atoms with van der Waals surface area (Å²) in [5.74, 6) is 0. The lowest BCUT2D eigenvalue weighted by Gasteiger charge is -2.26. The van der Waals surface area contributed by atoms with Gasteiger partial charge in [0.25, 0.3) is 0 Å². The molecule has 3 heterocycles. The summed E-state index contributed by atoms with van der Waals surface area (Å²) >= 11 is 0. The van der Waals surface area contributed by atoms with Crippen molar-refractivity contribution in [2.75, 3.05) is 4.90 Å². The predicted molar refractivity (Wildman–Crippen MR) is 344 cm³/mol. The van der Waals surface area contributed by atoms with Crippen LogP contribution in [-0.2, 0) is 0 Å². The van der Waals surface area contributed by atoms with Crippen LogP contribution in [0.4, 0.5) is 17.1 Å². The number of aromatic nitrogens is 2. The van der Waals surface area contributed by atoms with Crippen molar-refractivity contribution in [3.05, 3.63) is 309 Å². The molecule has 0 spiro atoms. The third kappa shape index (κ3) is 8.07. The Morgan fingerprint density at radius 1 is 0.207 bits per heavy atom. The van der Waals surface area contributed by atoms with Crippen LogP contribution in [0.1, 0.15) is 0 Å². The number of anilines is 3. The minimum atomic E-state index is 0.898. The summed E-state index contributed by atoms with van der Waals surface area (Å²) in [6, 6.07) is 112. The van der Waals surface area contributed by atoms with Crippen molar-refractivity contribution >= 4 is 82.6 Å². The molecular formula is C78H51N3O. The highest BCUT2D eigenvalue weighted by Crippen LogP contribution is 2.41. The van der Waals surface area contributed by atoms with E-state index in [1.807, 2.05) is 12.1 Å². The summed E-state index contributed by atoms with van der Waals surface area (Å²) < 4.78 is 10.9. The number of hydrogen-bond acceptors (Lipinski definition) is 2. The standard InChI is InChI=1S/C78H51N3O/c1-3-13-62(14-4-1)80-74-21-11-8-18-68(74)71-49-59(38-47-75(71)80)56-27-23-52(24-28-56)54-31-40-64(41-32-54)79(66-44-35-58(36-45-66)60-39-48-78-72(50-60)70-19-9-12-22-77(70)82-78)65-42-33-55(34-43-65)53-25-29-57(30-26-53)61-37-46-69-67-17-7-10-20-73(67)81(76(69)51-61)63-15-5-2-6-16-63/h1-51H. The van der Waals surface area contributed by atoms with E-state index in [0.717, 1.165) is 72.6 Å². The third-order valence-corrected chi connectivity index (χ3v) is 16.6. The summed E-state index contributed by atoms with van der Waals surface area (Å²) in [5.41, 5.74) is 23.9. The van der Waals surface area contributed by atoms with Gasteiger partial charge in [-0.05, 0) is 165 Å². The summed E-state index contributed by atoms with van der Waals surface area (Å²) in [6.07, 6.45) is 0. The Kier molecular flexibility index (Phi) is 11.2. The Morgan fingerprint density at radius 2 is 0.537 bits per heavy atom. The second-order valence-electron chi connectivity index (χ2n) is 21.3. The van der Waals surface area contributed by atoms with Crippen molar-refractivity contribution in [2.45, 2.75) is 0 Å². The van der Waals surface area contributed by atoms with E-state index in [1.54, 1.807) is 0 Å². The molecule has 13 aromatic carbocycles. The molecule has 16 aromatic rings. The number of benzene rings is 13. The summed E-state index contributed by atoms with van der Waals surface area (Å²) in [4.78, 5) is 2.35. The minimum absolute atomic E-state index is 0.898. The van der Waals surface area contributed by atoms with Crippen molar-refractivity contribution in [2.24, 2.45) is 0 Å². The van der Waals surface area contributed by atoms with Gasteiger partial charge in [-0.25, -0.2) is 0 Å². The molecule has 0 amide bonds. The van der Waals surface area contributed by atoms with E-state index in [-0.39, 0.29) is 0 Å². The van der Waals surface area contributed by atoms with Crippen molar-refractivity contribution < 1.29 is 4.42 Å². The zero-order valence-electron chi connectivity index (χ0n) is 44.7. The van der Waals surface area contributed by atoms with Gasteiger partial charge in [0.15, 0.2) is 0 Å². The maximum atomic E-state index is 6.18. The van der Waals surface area contributed by atoms with Gasteiger partial charge in [0, 0.05) is 60.8 Å². The number of fused-ring (bicyclic) bond motifs is 9. The van der Waals surface area contributed by atoms with E-state index in [4.69, 9.17) is 4.42 Å². The molecule has 4 nitrogen and oxygen atoms in total. The lowest BCUT2D eigenvalue weighted by molar-refractivity contribution is 0.669. The van der Waals surface area contributed by atoms with Crippen LogP contribution in [-0.4, -0.2) is 9.13 Å². The number of para-hydroxylation sites is 5. The smallest absolute Gasteiger partial charge is 0.135 e. The average molecular weight is 1050 g/mol. The number of nitrogens with zero attached hydrogens (tertiary/aromatic N) is 3. The summed E-state index contributed by atoms with van der Waals surface area (Å²) in [7, 11) is 0. The molecule has 0 unspecified atom stereocenters. The first-order valence-electron chi connectivity index (χ1n) is 28.0. The van der Waals surface area contributed by atoms with Crippen LogP contribution in [0.25, 0.3) is 133 Å². The van der Waals surface area contributed by atoms with Gasteiger partial charge in [-0.3, -0.25) is 0 Å². The Labute approximate surface area is 474 Å². The average Bonchev–Trinajstić information content (AvgIpc) is 4.24. The zero-order chi connectivity index (χ0) is 54.1. The number of hydrogen-bond donors (Lipinski definition) is 0. The monoisotopic (exact) mass is 1050 g/mol. The molecule has 3 aromatic heterocycles. The van der Waals surface area contributed by atoms with E-state index in [0.29, 0.717) is 0 Å². The van der Waals surface area contributed by atoms with Gasteiger partial charge >= 0.3 is 0 Å². The second-order valence-corrected chi connectivity index (χ2v) is 21.3. The molecule has 0 bridgehead atoms. The molecule has 0 saturated heterocycles. The number of rotatable bonds is 10. The van der Waals surface area contributed by atoms with Crippen LogP contribution < -0.4 is 4.90 Å². The lowest BCUT2D eigenvalue weighted by Crippen LogP contribution is -2.09. The molecule has 0 fully saturated rings. The van der Waals surface area contributed by atoms with Crippen molar-refractivity contribution in [1.29, 1.82) is 0 Å². The van der Waals surface area contributed by atoms with E-state index in [1.165, 1.54) is 77.0 Å². The van der Waals surface area contributed by atoms with Crippen LogP contribution in [0.2, 0.25) is 0 Å². The predicted octanol–water partition coefficient (Wildman–Crippen LogP) is 21.6. The Hall–Kier alpha value is -10.9. The fraction of sp³-hybridized carbons (Fsp3) is 0. The Morgan fingerprint density at radius 3 is 1.06 bits per heavy atom. The molecule has 82 heavy (non-hydrogen) atoms. The zero-order valence-corrected chi connectivity index (χ0v) is 44.7. The van der Waals surface area contributed by atoms with Gasteiger partial charge in [-0.15, -0.1) is 0 Å². The van der Waals surface area contributed by atoms with Gasteiger partial charge < -0.3 is 18.5 Å². The van der Waals surface area contributed by atoms with Gasteiger partial charge in [-0.2, -0.15) is 0 Å². The minimum Gasteiger partial charge on any atom is -0.456 e. The van der Waals surface area contributed by atoms with Crippen molar-refractivity contribution in [3.8, 4) is 67.0 Å². The maximum absolute atomic E-state index is 6.18. The van der Waals surface area contributed by atoms with E-state index >= 15 is 0 Å². The molecule has 0 aliphatic heterocycles. The highest BCUT2D eigenvalue weighted by Gasteiger charge is 2.18. The Balaban J connectivity index is 0.709. The number of furan rings is 1. The molecule has 16 rings (SSSR count). The third-order valence-electron chi connectivity index (χ3n) is 16.6. The van der Waals surface area contributed by atoms with Crippen LogP contribution >= 0.6 is 0 Å². The maximum Gasteiger partial charge on any atom is 0.135 e. The van der Waals surface area contributed by atoms with Crippen LogP contribution in [0.15, 0.2) is 314 Å². The normalized spacial score (nSPS) is 11.7. The molecule has 0 radical (unpaired) electrons. The second kappa shape index (κ2) is 19.5. The molecule has 384 valence electrons. The molecular weight excluding hydrogens is 995 g/mol. The summed E-state index contributed by atoms with van der Waals surface area (Å²) in [6.45, 7) is 0. The van der Waals surface area contributed by atoms with E-state index in [2.05, 4.69) is 311 Å². The largest absolute Gasteiger partial charge is 0.456 e. The first-order chi connectivity index (χ1) is 40.6. The van der Waals surface area contributed by atoms with Gasteiger partial charge in [0.2, 0.25) is 0 Å². The quantitative estimate of drug-likeness (QED) is 0.136. The molecule has 0 aliphatic carbocycles. The SMILES string of the molecule is c1ccc(-n2c3ccccc3c3cc(-c4ccc(-c5ccc(N(c6ccc(-c7ccc(-c8ccc9c%10ccccc%10n(-c%10ccccc%10)c9c8)cc7)cc6)c6ccc(-c7ccc8oc9ccccc9c8c7)cc6)cc5)cc4)ccc32)cc1. The van der Waals surface area contributed by atoms with Crippen LogP contribution in [0.3, 0.4) is 0 Å². The van der Waals surface area contributed by atoms with Crippen molar-refractivity contribution in [1.82, 2.24) is 9.13 Å². The lowest BCUT2D eigenvalue weighted by atomic mass is 9.98. The van der Waals surface area contributed by atoms with Crippen LogP contribution in [0.5, 0.6) is 0 Å². The first kappa shape index (κ1) is 47.1. The van der Waals surface area contributed by atoms with Gasteiger partial charge in [0.05, 0.1) is 22.1 Å². The van der Waals surface area contributed by atoms with E-state index < -0.39 is 0 Å². The van der Waals surface area contributed by atoms with Gasteiger partial charge in [0.1, 0.15) is 11.2 Å². The molecule has 0 atom stereocenters. The fourth-order valence-corrected chi connectivity index (χ4v) is 12.5. The highest BCUT2D eigenvalue weighted by atomic mass is 16.3. The molecule has 0 aliphatic rings. The fourth-order valence-electron chi connectivity index (χ4n) is 12.5. The molecule has 0 N–H and O–H groups in total.